The van der Waals surface area contributed by atoms with Crippen molar-refractivity contribution in [1.82, 2.24) is 5.32 Å². The van der Waals surface area contributed by atoms with E-state index in [2.05, 4.69) is 55.7 Å². The van der Waals surface area contributed by atoms with Gasteiger partial charge in [0, 0.05) is 22.0 Å². The molecule has 2 aromatic rings. The Kier molecular flexibility index (Phi) is 3.65. The number of nitrogens with one attached hydrogen (secondary N) is 1. The van der Waals surface area contributed by atoms with Crippen molar-refractivity contribution in [2.24, 2.45) is 5.41 Å². The van der Waals surface area contributed by atoms with Crippen LogP contribution in [0.5, 0.6) is 0 Å². The van der Waals surface area contributed by atoms with Crippen LogP contribution in [0.1, 0.15) is 48.9 Å². The normalized spacial score (nSPS) is 21.7. The van der Waals surface area contributed by atoms with E-state index >= 15 is 0 Å². The Morgan fingerprint density at radius 1 is 1.35 bits per heavy atom. The van der Waals surface area contributed by atoms with Crippen LogP contribution in [-0.2, 0) is 6.42 Å². The third-order valence-corrected chi connectivity index (χ3v) is 5.52. The smallest absolute Gasteiger partial charge is 0.0409 e. The van der Waals surface area contributed by atoms with E-state index < -0.39 is 0 Å². The lowest BCUT2D eigenvalue weighted by atomic mass is 9.85. The van der Waals surface area contributed by atoms with Crippen LogP contribution < -0.4 is 5.32 Å². The van der Waals surface area contributed by atoms with Crippen molar-refractivity contribution in [2.45, 2.75) is 39.3 Å². The summed E-state index contributed by atoms with van der Waals surface area (Å²) in [6, 6.07) is 11.3. The number of fused-ring (bicyclic) bond motifs is 1. The topological polar surface area (TPSA) is 12.0 Å². The van der Waals surface area contributed by atoms with E-state index in [1.54, 1.807) is 0 Å². The predicted molar refractivity (Wildman–Crippen MR) is 87.5 cm³/mol. The second kappa shape index (κ2) is 5.18. The molecule has 0 saturated carbocycles. The van der Waals surface area contributed by atoms with Gasteiger partial charge in [0.2, 0.25) is 0 Å². The summed E-state index contributed by atoms with van der Waals surface area (Å²) >= 11 is 8.00. The maximum absolute atomic E-state index is 6.19. The zero-order valence-electron chi connectivity index (χ0n) is 12.1. The first-order valence-corrected chi connectivity index (χ1v) is 8.31. The molecule has 0 bridgehead atoms. The lowest BCUT2D eigenvalue weighted by Gasteiger charge is -2.31. The van der Waals surface area contributed by atoms with Gasteiger partial charge in [0.1, 0.15) is 0 Å². The standard InChI is InChI=1S/C17H20ClNS/c1-11(15-5-4-8-20-15)19-16-14-9-13(18)7-6-12(14)10-17(16,2)3/h4-9,11,16,19H,10H2,1-3H3. The fraction of sp³-hybridized carbons (Fsp3) is 0.412. The highest BCUT2D eigenvalue weighted by Crippen LogP contribution is 2.47. The maximum atomic E-state index is 6.19. The van der Waals surface area contributed by atoms with E-state index in [1.807, 2.05) is 17.4 Å². The van der Waals surface area contributed by atoms with Crippen molar-refractivity contribution in [3.8, 4) is 0 Å². The van der Waals surface area contributed by atoms with E-state index in [4.69, 9.17) is 11.6 Å². The minimum absolute atomic E-state index is 0.221. The maximum Gasteiger partial charge on any atom is 0.0409 e. The van der Waals surface area contributed by atoms with Crippen LogP contribution in [0.25, 0.3) is 0 Å². The van der Waals surface area contributed by atoms with Gasteiger partial charge in [-0.25, -0.2) is 0 Å². The van der Waals surface area contributed by atoms with E-state index in [-0.39, 0.29) is 5.41 Å². The third kappa shape index (κ3) is 2.52. The largest absolute Gasteiger partial charge is 0.302 e. The fourth-order valence-corrected chi connectivity index (χ4v) is 4.12. The van der Waals surface area contributed by atoms with Crippen molar-refractivity contribution < 1.29 is 0 Å². The monoisotopic (exact) mass is 305 g/mol. The van der Waals surface area contributed by atoms with Gasteiger partial charge in [-0.1, -0.05) is 37.6 Å². The molecule has 0 fully saturated rings. The SMILES string of the molecule is CC(NC1c2cc(Cl)ccc2CC1(C)C)c1cccs1. The van der Waals surface area contributed by atoms with E-state index in [9.17, 15) is 0 Å². The first kappa shape index (κ1) is 14.1. The molecule has 2 atom stereocenters. The van der Waals surface area contributed by atoms with Gasteiger partial charge in [-0.05, 0) is 53.5 Å². The average Bonchev–Trinajstić information content (AvgIpc) is 2.98. The summed E-state index contributed by atoms with van der Waals surface area (Å²) in [7, 11) is 0. The van der Waals surface area contributed by atoms with Crippen molar-refractivity contribution in [2.75, 3.05) is 0 Å². The molecule has 1 aliphatic rings. The summed E-state index contributed by atoms with van der Waals surface area (Å²) in [6.45, 7) is 6.91. The minimum atomic E-state index is 0.221. The second-order valence-corrected chi connectivity index (χ2v) is 7.76. The Morgan fingerprint density at radius 2 is 2.15 bits per heavy atom. The van der Waals surface area contributed by atoms with E-state index in [0.29, 0.717) is 12.1 Å². The van der Waals surface area contributed by atoms with Crippen LogP contribution in [0.3, 0.4) is 0 Å². The van der Waals surface area contributed by atoms with Gasteiger partial charge in [-0.15, -0.1) is 11.3 Å². The summed E-state index contributed by atoms with van der Waals surface area (Å²) in [6.07, 6.45) is 1.11. The van der Waals surface area contributed by atoms with Gasteiger partial charge in [0.05, 0.1) is 0 Å². The molecule has 1 aliphatic carbocycles. The molecule has 0 radical (unpaired) electrons. The Morgan fingerprint density at radius 3 is 2.85 bits per heavy atom. The lowest BCUT2D eigenvalue weighted by molar-refractivity contribution is 0.253. The molecule has 1 N–H and O–H groups in total. The number of thiophene rings is 1. The molecule has 1 aromatic heterocycles. The number of halogens is 1. The molecular weight excluding hydrogens is 286 g/mol. The van der Waals surface area contributed by atoms with Crippen LogP contribution >= 0.6 is 22.9 Å². The Bertz CT molecular complexity index is 603. The molecule has 3 rings (SSSR count). The summed E-state index contributed by atoms with van der Waals surface area (Å²) in [5.74, 6) is 0. The van der Waals surface area contributed by atoms with E-state index in [1.165, 1.54) is 16.0 Å². The molecule has 0 aliphatic heterocycles. The second-order valence-electron chi connectivity index (χ2n) is 6.35. The predicted octanol–water partition coefficient (Wildman–Crippen LogP) is 5.38. The molecule has 106 valence electrons. The van der Waals surface area contributed by atoms with Gasteiger partial charge < -0.3 is 5.32 Å². The van der Waals surface area contributed by atoms with Gasteiger partial charge in [0.15, 0.2) is 0 Å². The number of hydrogen-bond donors (Lipinski definition) is 1. The molecule has 1 nitrogen and oxygen atoms in total. The highest BCUT2D eigenvalue weighted by atomic mass is 35.5. The third-order valence-electron chi connectivity index (χ3n) is 4.23. The molecule has 0 saturated heterocycles. The quantitative estimate of drug-likeness (QED) is 0.803. The summed E-state index contributed by atoms with van der Waals surface area (Å²) < 4.78 is 0. The van der Waals surface area contributed by atoms with Crippen molar-refractivity contribution in [1.29, 1.82) is 0 Å². The van der Waals surface area contributed by atoms with Gasteiger partial charge >= 0.3 is 0 Å². The van der Waals surface area contributed by atoms with Crippen molar-refractivity contribution >= 4 is 22.9 Å². The highest BCUT2D eigenvalue weighted by Gasteiger charge is 2.39. The molecule has 20 heavy (non-hydrogen) atoms. The summed E-state index contributed by atoms with van der Waals surface area (Å²) in [4.78, 5) is 1.39. The lowest BCUT2D eigenvalue weighted by Crippen LogP contribution is -2.32. The zero-order valence-corrected chi connectivity index (χ0v) is 13.7. The van der Waals surface area contributed by atoms with Crippen LogP contribution in [0.4, 0.5) is 0 Å². The molecule has 2 unspecified atom stereocenters. The van der Waals surface area contributed by atoms with Gasteiger partial charge in [0.25, 0.3) is 0 Å². The van der Waals surface area contributed by atoms with Gasteiger partial charge in [-0.3, -0.25) is 0 Å². The first-order valence-electron chi connectivity index (χ1n) is 7.05. The Hall–Kier alpha value is -0.830. The van der Waals surface area contributed by atoms with Gasteiger partial charge in [-0.2, -0.15) is 0 Å². The van der Waals surface area contributed by atoms with Crippen LogP contribution in [0.2, 0.25) is 5.02 Å². The Balaban J connectivity index is 1.90. The minimum Gasteiger partial charge on any atom is -0.302 e. The average molecular weight is 306 g/mol. The summed E-state index contributed by atoms with van der Waals surface area (Å²) in [5.41, 5.74) is 3.01. The van der Waals surface area contributed by atoms with E-state index in [0.717, 1.165) is 11.4 Å². The molecule has 1 heterocycles. The van der Waals surface area contributed by atoms with Crippen LogP contribution in [0, 0.1) is 5.41 Å². The summed E-state index contributed by atoms with van der Waals surface area (Å²) in [5, 5.41) is 6.77. The molecule has 1 aromatic carbocycles. The molecule has 0 spiro atoms. The fourth-order valence-electron chi connectivity index (χ4n) is 3.19. The zero-order chi connectivity index (χ0) is 14.3. The molecule has 3 heteroatoms. The van der Waals surface area contributed by atoms with Crippen molar-refractivity contribution in [3.05, 3.63) is 56.7 Å². The molecule has 0 amide bonds. The number of benzene rings is 1. The van der Waals surface area contributed by atoms with Crippen LogP contribution in [-0.4, -0.2) is 0 Å². The number of hydrogen-bond acceptors (Lipinski definition) is 2. The number of rotatable bonds is 3. The highest BCUT2D eigenvalue weighted by molar-refractivity contribution is 7.10. The van der Waals surface area contributed by atoms with Crippen molar-refractivity contribution in [3.63, 3.8) is 0 Å². The first-order chi connectivity index (χ1) is 9.47. The Labute approximate surface area is 130 Å². The van der Waals surface area contributed by atoms with Crippen LogP contribution in [0.15, 0.2) is 35.7 Å². The molecular formula is C17H20ClNS.